The van der Waals surface area contributed by atoms with Crippen LogP contribution in [0.3, 0.4) is 0 Å². The lowest BCUT2D eigenvalue weighted by Crippen LogP contribution is -2.58. The van der Waals surface area contributed by atoms with Gasteiger partial charge in [0.15, 0.2) is 0 Å². The highest BCUT2D eigenvalue weighted by atomic mass is 16.6. The number of carbonyl (C=O) groups excluding carboxylic acids is 1. The Morgan fingerprint density at radius 1 is 1.37 bits per heavy atom. The monoisotopic (exact) mass is 371 g/mol. The van der Waals surface area contributed by atoms with Gasteiger partial charge in [0.1, 0.15) is 17.3 Å². The molecule has 1 aromatic rings. The van der Waals surface area contributed by atoms with Gasteiger partial charge in [0.2, 0.25) is 5.91 Å². The van der Waals surface area contributed by atoms with Gasteiger partial charge in [-0.2, -0.15) is 0 Å². The SMILES string of the molecule is CC(C)(C)NC(=O)C1N(c2ccccc2[N+](=O)[O-])C[C@]2(C)C[C@H]3C=C[C@@]12O3. The zero-order valence-corrected chi connectivity index (χ0v) is 16.1. The van der Waals surface area contributed by atoms with Crippen molar-refractivity contribution in [1.29, 1.82) is 0 Å². The van der Waals surface area contributed by atoms with Gasteiger partial charge in [-0.15, -0.1) is 0 Å². The van der Waals surface area contributed by atoms with Crippen molar-refractivity contribution in [2.24, 2.45) is 5.41 Å². The molecule has 0 aromatic heterocycles. The predicted molar refractivity (Wildman–Crippen MR) is 102 cm³/mol. The Morgan fingerprint density at radius 3 is 2.70 bits per heavy atom. The molecule has 27 heavy (non-hydrogen) atoms. The van der Waals surface area contributed by atoms with Crippen LogP contribution in [0.25, 0.3) is 0 Å². The number of amides is 1. The van der Waals surface area contributed by atoms with Crippen LogP contribution in [-0.4, -0.2) is 40.7 Å². The van der Waals surface area contributed by atoms with Crippen LogP contribution in [0, 0.1) is 15.5 Å². The van der Waals surface area contributed by atoms with E-state index in [0.717, 1.165) is 6.42 Å². The predicted octanol–water partition coefficient (Wildman–Crippen LogP) is 2.80. The number of benzene rings is 1. The van der Waals surface area contributed by atoms with E-state index in [-0.39, 0.29) is 23.1 Å². The van der Waals surface area contributed by atoms with Crippen molar-refractivity contribution in [2.75, 3.05) is 11.4 Å². The number of nitro benzene ring substituents is 1. The molecule has 4 rings (SSSR count). The molecular weight excluding hydrogens is 346 g/mol. The lowest BCUT2D eigenvalue weighted by Gasteiger charge is -2.37. The largest absolute Gasteiger partial charge is 0.360 e. The quantitative estimate of drug-likeness (QED) is 0.502. The van der Waals surface area contributed by atoms with Crippen LogP contribution < -0.4 is 10.2 Å². The third kappa shape index (κ3) is 2.56. The number of hydrogen-bond donors (Lipinski definition) is 1. The van der Waals surface area contributed by atoms with Crippen LogP contribution >= 0.6 is 0 Å². The Kier molecular flexibility index (Phi) is 3.69. The molecule has 0 aliphatic carbocycles. The molecule has 1 unspecified atom stereocenters. The maximum absolute atomic E-state index is 13.4. The fourth-order valence-corrected chi connectivity index (χ4v) is 4.87. The lowest BCUT2D eigenvalue weighted by molar-refractivity contribution is -0.384. The highest BCUT2D eigenvalue weighted by Gasteiger charge is 2.70. The molecular formula is C20H25N3O4. The second kappa shape index (κ2) is 5.55. The van der Waals surface area contributed by atoms with Crippen molar-refractivity contribution in [2.45, 2.75) is 57.4 Å². The molecule has 3 heterocycles. The van der Waals surface area contributed by atoms with Gasteiger partial charge < -0.3 is 15.0 Å². The molecule has 7 nitrogen and oxygen atoms in total. The van der Waals surface area contributed by atoms with Crippen LogP contribution in [0.1, 0.15) is 34.1 Å². The van der Waals surface area contributed by atoms with Gasteiger partial charge in [-0.05, 0) is 33.3 Å². The number of hydrogen-bond acceptors (Lipinski definition) is 5. The average Bonchev–Trinajstić information content (AvgIpc) is 3.15. The first-order valence-electron chi connectivity index (χ1n) is 9.26. The first-order chi connectivity index (χ1) is 12.6. The summed E-state index contributed by atoms with van der Waals surface area (Å²) in [7, 11) is 0. The van der Waals surface area contributed by atoms with E-state index in [1.165, 1.54) is 6.07 Å². The second-order valence-electron chi connectivity index (χ2n) is 9.09. The normalized spacial score (nSPS) is 34.0. The van der Waals surface area contributed by atoms with E-state index in [9.17, 15) is 14.9 Å². The number of nitrogens with zero attached hydrogens (tertiary/aromatic N) is 2. The Bertz CT molecular complexity index is 846. The van der Waals surface area contributed by atoms with Gasteiger partial charge in [-0.3, -0.25) is 14.9 Å². The summed E-state index contributed by atoms with van der Waals surface area (Å²) in [6.07, 6.45) is 4.83. The molecule has 1 N–H and O–H groups in total. The van der Waals surface area contributed by atoms with E-state index in [2.05, 4.69) is 12.2 Å². The molecule has 144 valence electrons. The third-order valence-corrected chi connectivity index (χ3v) is 5.87. The van der Waals surface area contributed by atoms with E-state index in [1.807, 2.05) is 37.8 Å². The highest BCUT2D eigenvalue weighted by molar-refractivity contribution is 5.90. The highest BCUT2D eigenvalue weighted by Crippen LogP contribution is 2.60. The summed E-state index contributed by atoms with van der Waals surface area (Å²) in [4.78, 5) is 26.4. The standard InChI is InChI=1S/C20H25N3O4/c1-18(2,3)21-17(24)16-20-10-9-13(27-20)11-19(20,4)12-22(16)14-7-5-6-8-15(14)23(25)26/h5-10,13,16H,11-12H2,1-4H3,(H,21,24)/t13-,16?,19+,20-/m1/s1. The summed E-state index contributed by atoms with van der Waals surface area (Å²) in [5.41, 5.74) is -1.000. The summed E-state index contributed by atoms with van der Waals surface area (Å²) >= 11 is 0. The number of ether oxygens (including phenoxy) is 1. The van der Waals surface area contributed by atoms with Gasteiger partial charge in [-0.1, -0.05) is 31.2 Å². The topological polar surface area (TPSA) is 84.7 Å². The van der Waals surface area contributed by atoms with Gasteiger partial charge in [0, 0.05) is 23.6 Å². The van der Waals surface area contributed by atoms with Crippen LogP contribution in [0.5, 0.6) is 0 Å². The molecule has 1 aromatic carbocycles. The molecule has 4 atom stereocenters. The molecule has 1 spiro atoms. The van der Waals surface area contributed by atoms with Crippen molar-refractivity contribution < 1.29 is 14.5 Å². The molecule has 0 radical (unpaired) electrons. The fraction of sp³-hybridized carbons (Fsp3) is 0.550. The number of rotatable bonds is 3. The first kappa shape index (κ1) is 18.0. The number of fused-ring (bicyclic) bond motifs is 1. The summed E-state index contributed by atoms with van der Waals surface area (Å²) < 4.78 is 6.30. The smallest absolute Gasteiger partial charge is 0.292 e. The zero-order valence-electron chi connectivity index (χ0n) is 16.1. The third-order valence-electron chi connectivity index (χ3n) is 5.87. The van der Waals surface area contributed by atoms with E-state index < -0.39 is 22.1 Å². The summed E-state index contributed by atoms with van der Waals surface area (Å²) in [6.45, 7) is 8.42. The van der Waals surface area contributed by atoms with E-state index in [0.29, 0.717) is 12.2 Å². The molecule has 2 fully saturated rings. The van der Waals surface area contributed by atoms with Gasteiger partial charge >= 0.3 is 0 Å². The van der Waals surface area contributed by atoms with Gasteiger partial charge in [0.25, 0.3) is 5.69 Å². The maximum atomic E-state index is 13.4. The van der Waals surface area contributed by atoms with E-state index in [1.54, 1.807) is 18.2 Å². The molecule has 2 bridgehead atoms. The number of para-hydroxylation sites is 2. The number of carbonyl (C=O) groups is 1. The van der Waals surface area contributed by atoms with Crippen LogP contribution in [-0.2, 0) is 9.53 Å². The van der Waals surface area contributed by atoms with Crippen LogP contribution in [0.2, 0.25) is 0 Å². The van der Waals surface area contributed by atoms with Crippen molar-refractivity contribution in [3.05, 3.63) is 46.5 Å². The van der Waals surface area contributed by atoms with E-state index >= 15 is 0 Å². The van der Waals surface area contributed by atoms with Crippen molar-refractivity contribution >= 4 is 17.3 Å². The van der Waals surface area contributed by atoms with Crippen LogP contribution in [0.4, 0.5) is 11.4 Å². The zero-order chi connectivity index (χ0) is 19.6. The molecule has 3 aliphatic heterocycles. The van der Waals surface area contributed by atoms with Gasteiger partial charge in [-0.25, -0.2) is 0 Å². The Labute approximate surface area is 158 Å². The Balaban J connectivity index is 1.83. The average molecular weight is 371 g/mol. The molecule has 2 saturated heterocycles. The number of nitrogens with one attached hydrogen (secondary N) is 1. The number of nitro groups is 1. The van der Waals surface area contributed by atoms with E-state index in [4.69, 9.17) is 4.74 Å². The molecule has 3 aliphatic rings. The summed E-state index contributed by atoms with van der Waals surface area (Å²) in [5, 5.41) is 14.7. The van der Waals surface area contributed by atoms with Crippen LogP contribution in [0.15, 0.2) is 36.4 Å². The van der Waals surface area contributed by atoms with Crippen molar-refractivity contribution in [3.63, 3.8) is 0 Å². The molecule has 1 amide bonds. The Morgan fingerprint density at radius 2 is 2.07 bits per heavy atom. The number of anilines is 1. The minimum absolute atomic E-state index is 0.00422. The second-order valence-corrected chi connectivity index (χ2v) is 9.09. The Hall–Kier alpha value is -2.41. The summed E-state index contributed by atoms with van der Waals surface area (Å²) in [5.74, 6) is -0.170. The molecule has 0 saturated carbocycles. The lowest BCUT2D eigenvalue weighted by atomic mass is 9.69. The fourth-order valence-electron chi connectivity index (χ4n) is 4.87. The summed E-state index contributed by atoms with van der Waals surface area (Å²) in [6, 6.07) is 5.95. The minimum atomic E-state index is -0.767. The minimum Gasteiger partial charge on any atom is -0.360 e. The van der Waals surface area contributed by atoms with Crippen molar-refractivity contribution in [1.82, 2.24) is 5.32 Å². The van der Waals surface area contributed by atoms with Gasteiger partial charge in [0.05, 0.1) is 11.0 Å². The maximum Gasteiger partial charge on any atom is 0.292 e. The first-order valence-corrected chi connectivity index (χ1v) is 9.26. The molecule has 7 heteroatoms. The van der Waals surface area contributed by atoms with Crippen molar-refractivity contribution in [3.8, 4) is 0 Å².